The van der Waals surface area contributed by atoms with Crippen LogP contribution in [0.1, 0.15) is 10.4 Å². The van der Waals surface area contributed by atoms with Gasteiger partial charge in [0.15, 0.2) is 5.78 Å². The van der Waals surface area contributed by atoms with Gasteiger partial charge in [-0.05, 0) is 12.1 Å². The van der Waals surface area contributed by atoms with E-state index < -0.39 is 0 Å². The maximum Gasteiger partial charge on any atom is 0.183 e. The predicted molar refractivity (Wildman–Crippen MR) is 59.0 cm³/mol. The molecule has 0 amide bonds. The topological polar surface area (TPSA) is 26.3 Å². The highest BCUT2D eigenvalue weighted by Gasteiger charge is 2.28. The summed E-state index contributed by atoms with van der Waals surface area (Å²) in [5.74, 6) is 0.382. The minimum absolute atomic E-state index is 0.0457. The normalized spacial score (nSPS) is 20.2. The van der Waals surface area contributed by atoms with Crippen LogP contribution in [-0.2, 0) is 0 Å². The van der Waals surface area contributed by atoms with Gasteiger partial charge in [-0.15, -0.1) is 0 Å². The Kier molecular flexibility index (Phi) is 2.73. The largest absolute Gasteiger partial charge is 0.490 e. The maximum atomic E-state index is 11.7. The molecule has 0 bridgehead atoms. The molecular weight excluding hydrogens is 291 g/mol. The summed E-state index contributed by atoms with van der Waals surface area (Å²) in [5.41, 5.74) is 0.440. The van der Waals surface area contributed by atoms with Crippen molar-refractivity contribution in [2.45, 2.75) is 4.83 Å². The Morgan fingerprint density at radius 2 is 2.14 bits per heavy atom. The summed E-state index contributed by atoms with van der Waals surface area (Å²) >= 11 is 14.9. The minimum Gasteiger partial charge on any atom is -0.490 e. The highest BCUT2D eigenvalue weighted by molar-refractivity contribution is 9.10. The number of carbonyl (C=O) groups is 1. The number of ether oxygens (including phenoxy) is 1. The van der Waals surface area contributed by atoms with Crippen molar-refractivity contribution < 1.29 is 9.53 Å². The molecule has 0 radical (unpaired) electrons. The first-order valence-corrected chi connectivity index (χ1v) is 5.57. The second-order valence-corrected chi connectivity index (χ2v) is 4.86. The minimum atomic E-state index is -0.315. The monoisotopic (exact) mass is 294 g/mol. The quantitative estimate of drug-likeness (QED) is 0.686. The molecule has 14 heavy (non-hydrogen) atoms. The van der Waals surface area contributed by atoms with Crippen LogP contribution in [0.15, 0.2) is 12.1 Å². The molecule has 1 aromatic rings. The first-order chi connectivity index (χ1) is 6.59. The number of Topliss-reactive ketones (excluding diaryl/α,β-unsaturated/α-hetero) is 1. The average molecular weight is 296 g/mol. The number of hydrogen-bond donors (Lipinski definition) is 0. The number of benzene rings is 1. The summed E-state index contributed by atoms with van der Waals surface area (Å²) in [4.78, 5) is 11.4. The smallest absolute Gasteiger partial charge is 0.183 e. The number of carbonyl (C=O) groups excluding carboxylic acids is 1. The van der Waals surface area contributed by atoms with Crippen LogP contribution in [0.2, 0.25) is 10.0 Å². The van der Waals surface area contributed by atoms with E-state index in [9.17, 15) is 4.79 Å². The Bertz CT molecular complexity index is 406. The lowest BCUT2D eigenvalue weighted by Crippen LogP contribution is -2.28. The van der Waals surface area contributed by atoms with Crippen LogP contribution in [0, 0.1) is 0 Å². The summed E-state index contributed by atoms with van der Waals surface area (Å²) in [7, 11) is 0. The maximum absolute atomic E-state index is 11.7. The Balaban J connectivity index is 2.60. The summed E-state index contributed by atoms with van der Waals surface area (Å²) < 4.78 is 5.33. The van der Waals surface area contributed by atoms with E-state index >= 15 is 0 Å². The fourth-order valence-corrected chi connectivity index (χ4v) is 2.22. The van der Waals surface area contributed by atoms with Crippen molar-refractivity contribution in [1.29, 1.82) is 0 Å². The molecule has 74 valence electrons. The molecule has 0 saturated carbocycles. The second kappa shape index (κ2) is 3.72. The zero-order valence-corrected chi connectivity index (χ0v) is 9.99. The van der Waals surface area contributed by atoms with E-state index in [0.717, 1.165) is 0 Å². The molecule has 0 fully saturated rings. The predicted octanol–water partition coefficient (Wildman–Crippen LogP) is 3.33. The van der Waals surface area contributed by atoms with Crippen molar-refractivity contribution in [2.75, 3.05) is 6.61 Å². The van der Waals surface area contributed by atoms with E-state index in [-0.39, 0.29) is 10.6 Å². The van der Waals surface area contributed by atoms with E-state index in [1.54, 1.807) is 12.1 Å². The van der Waals surface area contributed by atoms with Gasteiger partial charge in [0.25, 0.3) is 0 Å². The Labute approximate surface area is 99.3 Å². The van der Waals surface area contributed by atoms with E-state index in [2.05, 4.69) is 15.9 Å². The van der Waals surface area contributed by atoms with Gasteiger partial charge < -0.3 is 4.74 Å². The Morgan fingerprint density at radius 1 is 1.43 bits per heavy atom. The molecule has 0 N–H and O–H groups in total. The summed E-state index contributed by atoms with van der Waals surface area (Å²) in [6, 6.07) is 3.13. The fraction of sp³-hybridized carbons (Fsp3) is 0.222. The van der Waals surface area contributed by atoms with Crippen molar-refractivity contribution in [3.05, 3.63) is 27.7 Å². The van der Waals surface area contributed by atoms with Gasteiger partial charge in [-0.2, -0.15) is 0 Å². The lowest BCUT2D eigenvalue weighted by Gasteiger charge is -2.21. The standard InChI is InChI=1S/C9H5BrCl2O2/c10-6-3-14-9-5(8(6)13)1-4(11)2-7(9)12/h1-2,6H,3H2. The summed E-state index contributed by atoms with van der Waals surface area (Å²) in [5, 5.41) is 0.813. The number of halogens is 3. The molecule has 0 spiro atoms. The zero-order chi connectivity index (χ0) is 10.3. The molecule has 2 nitrogen and oxygen atoms in total. The molecule has 1 heterocycles. The highest BCUT2D eigenvalue weighted by atomic mass is 79.9. The first kappa shape index (κ1) is 10.3. The van der Waals surface area contributed by atoms with E-state index in [4.69, 9.17) is 27.9 Å². The molecule has 0 saturated heterocycles. The van der Waals surface area contributed by atoms with Gasteiger partial charge in [0, 0.05) is 5.02 Å². The van der Waals surface area contributed by atoms with E-state index in [1.807, 2.05) is 0 Å². The number of ketones is 1. The summed E-state index contributed by atoms with van der Waals surface area (Å²) in [6.45, 7) is 0.299. The first-order valence-electron chi connectivity index (χ1n) is 3.89. The van der Waals surface area contributed by atoms with Gasteiger partial charge in [-0.25, -0.2) is 0 Å². The molecule has 0 aromatic heterocycles. The summed E-state index contributed by atoms with van der Waals surface area (Å²) in [6.07, 6.45) is 0. The lowest BCUT2D eigenvalue weighted by molar-refractivity contribution is 0.0946. The van der Waals surface area contributed by atoms with Crippen LogP contribution in [0.4, 0.5) is 0 Å². The van der Waals surface area contributed by atoms with E-state index in [1.165, 1.54) is 0 Å². The van der Waals surface area contributed by atoms with Crippen LogP contribution < -0.4 is 4.74 Å². The van der Waals surface area contributed by atoms with Gasteiger partial charge in [0.2, 0.25) is 0 Å². The molecular formula is C9H5BrCl2O2. The lowest BCUT2D eigenvalue weighted by atomic mass is 10.1. The SMILES string of the molecule is O=C1c2cc(Cl)cc(Cl)c2OCC1Br. The van der Waals surface area contributed by atoms with Gasteiger partial charge in [0.05, 0.1) is 10.6 Å². The molecule has 5 heteroatoms. The third-order valence-electron chi connectivity index (χ3n) is 1.93. The molecule has 1 atom stereocenters. The molecule has 1 unspecified atom stereocenters. The number of fused-ring (bicyclic) bond motifs is 1. The van der Waals surface area contributed by atoms with Gasteiger partial charge in [-0.1, -0.05) is 39.1 Å². The van der Waals surface area contributed by atoms with Crippen LogP contribution in [0.25, 0.3) is 0 Å². The van der Waals surface area contributed by atoms with Gasteiger partial charge >= 0.3 is 0 Å². The van der Waals surface area contributed by atoms with Gasteiger partial charge in [-0.3, -0.25) is 4.79 Å². The number of hydrogen-bond acceptors (Lipinski definition) is 2. The fourth-order valence-electron chi connectivity index (χ4n) is 1.29. The molecule has 1 aliphatic heterocycles. The van der Waals surface area contributed by atoms with Crippen molar-refractivity contribution in [3.63, 3.8) is 0 Å². The van der Waals surface area contributed by atoms with Crippen molar-refractivity contribution >= 4 is 44.9 Å². The highest BCUT2D eigenvalue weighted by Crippen LogP contribution is 2.36. The molecule has 1 aromatic carbocycles. The van der Waals surface area contributed by atoms with Crippen LogP contribution in [-0.4, -0.2) is 17.2 Å². The second-order valence-electron chi connectivity index (χ2n) is 2.91. The van der Waals surface area contributed by atoms with Crippen LogP contribution in [0.3, 0.4) is 0 Å². The number of rotatable bonds is 0. The van der Waals surface area contributed by atoms with Gasteiger partial charge in [0.1, 0.15) is 17.2 Å². The van der Waals surface area contributed by atoms with Crippen molar-refractivity contribution in [3.8, 4) is 5.75 Å². The van der Waals surface area contributed by atoms with E-state index in [0.29, 0.717) is 28.0 Å². The van der Waals surface area contributed by atoms with Crippen molar-refractivity contribution in [2.24, 2.45) is 0 Å². The molecule has 2 rings (SSSR count). The third kappa shape index (κ3) is 1.64. The van der Waals surface area contributed by atoms with Crippen LogP contribution >= 0.6 is 39.1 Å². The average Bonchev–Trinajstić information content (AvgIpc) is 2.12. The van der Waals surface area contributed by atoms with Crippen molar-refractivity contribution in [1.82, 2.24) is 0 Å². The zero-order valence-electron chi connectivity index (χ0n) is 6.89. The van der Waals surface area contributed by atoms with Crippen LogP contribution in [0.5, 0.6) is 5.75 Å². The third-order valence-corrected chi connectivity index (χ3v) is 3.11. The molecule has 0 aliphatic carbocycles. The molecule has 1 aliphatic rings. The Morgan fingerprint density at radius 3 is 2.86 bits per heavy atom. The number of alkyl halides is 1. The Hall–Kier alpha value is -0.250.